The number of fused-ring (bicyclic) bond motifs is 1. The summed E-state index contributed by atoms with van der Waals surface area (Å²) in [5.74, 6) is 0.913. The third-order valence-corrected chi connectivity index (χ3v) is 3.75. The minimum absolute atomic E-state index is 0.292. The molecule has 0 amide bonds. The monoisotopic (exact) mass is 272 g/mol. The maximum atomic E-state index is 5.88. The zero-order chi connectivity index (χ0) is 13.9. The molecule has 1 fully saturated rings. The van der Waals surface area contributed by atoms with Gasteiger partial charge in [-0.15, -0.1) is 0 Å². The molecule has 2 N–H and O–H groups in total. The van der Waals surface area contributed by atoms with Gasteiger partial charge in [0.05, 0.1) is 11.6 Å². The second-order valence-electron chi connectivity index (χ2n) is 5.34. The van der Waals surface area contributed by atoms with Gasteiger partial charge in [0.2, 0.25) is 0 Å². The van der Waals surface area contributed by atoms with Crippen LogP contribution in [0.1, 0.15) is 19.3 Å². The van der Waals surface area contributed by atoms with Crippen LogP contribution >= 0.6 is 0 Å². The van der Waals surface area contributed by atoms with Crippen molar-refractivity contribution < 1.29 is 4.74 Å². The minimum atomic E-state index is 0.292. The second-order valence-corrected chi connectivity index (χ2v) is 5.34. The van der Waals surface area contributed by atoms with Gasteiger partial charge < -0.3 is 15.4 Å². The minimum Gasteiger partial charge on any atom is -0.399 e. The molecule has 0 saturated carbocycles. The van der Waals surface area contributed by atoms with E-state index in [9.17, 15) is 0 Å². The molecule has 1 aliphatic heterocycles. The molecule has 5 nitrogen and oxygen atoms in total. The number of nitrogen functional groups attached to an aromatic ring is 1. The Bertz CT molecular complexity index is 595. The van der Waals surface area contributed by atoms with E-state index in [0.29, 0.717) is 6.10 Å². The number of aromatic nitrogens is 2. The van der Waals surface area contributed by atoms with Crippen molar-refractivity contribution in [3.8, 4) is 0 Å². The number of hydrogen-bond donors (Lipinski definition) is 1. The topological polar surface area (TPSA) is 64.3 Å². The molecule has 1 saturated heterocycles. The first-order valence-electron chi connectivity index (χ1n) is 7.07. The summed E-state index contributed by atoms with van der Waals surface area (Å²) in [6, 6.07) is 5.73. The fraction of sp³-hybridized carbons (Fsp3) is 0.467. The van der Waals surface area contributed by atoms with Crippen molar-refractivity contribution in [1.82, 2.24) is 9.97 Å². The molecule has 5 heteroatoms. The van der Waals surface area contributed by atoms with Crippen LogP contribution in [0.25, 0.3) is 10.9 Å². The molecule has 0 aliphatic carbocycles. The van der Waals surface area contributed by atoms with Crippen LogP contribution < -0.4 is 10.6 Å². The highest BCUT2D eigenvalue weighted by Gasteiger charge is 2.18. The smallest absolute Gasteiger partial charge is 0.139 e. The van der Waals surface area contributed by atoms with Crippen LogP contribution in [-0.2, 0) is 4.74 Å². The molecule has 1 atom stereocenters. The summed E-state index contributed by atoms with van der Waals surface area (Å²) in [5.41, 5.74) is 7.53. The van der Waals surface area contributed by atoms with Crippen LogP contribution in [-0.4, -0.2) is 36.3 Å². The van der Waals surface area contributed by atoms with Gasteiger partial charge in [0.15, 0.2) is 0 Å². The molecule has 0 bridgehead atoms. The molecular weight excluding hydrogens is 252 g/mol. The van der Waals surface area contributed by atoms with Gasteiger partial charge in [0, 0.05) is 31.3 Å². The first-order valence-corrected chi connectivity index (χ1v) is 7.07. The van der Waals surface area contributed by atoms with E-state index < -0.39 is 0 Å². The summed E-state index contributed by atoms with van der Waals surface area (Å²) in [6.45, 7) is 1.72. The molecular formula is C15H20N4O. The van der Waals surface area contributed by atoms with Gasteiger partial charge in [0.25, 0.3) is 0 Å². The van der Waals surface area contributed by atoms with Crippen LogP contribution in [0.3, 0.4) is 0 Å². The zero-order valence-corrected chi connectivity index (χ0v) is 11.7. The van der Waals surface area contributed by atoms with Crippen molar-refractivity contribution in [1.29, 1.82) is 0 Å². The van der Waals surface area contributed by atoms with Crippen molar-refractivity contribution >= 4 is 22.4 Å². The highest BCUT2D eigenvalue weighted by molar-refractivity contribution is 5.91. The highest BCUT2D eigenvalue weighted by Crippen LogP contribution is 2.25. The highest BCUT2D eigenvalue weighted by atomic mass is 16.5. The van der Waals surface area contributed by atoms with Gasteiger partial charge in [-0.25, -0.2) is 9.97 Å². The second kappa shape index (κ2) is 5.63. The molecule has 0 spiro atoms. The Morgan fingerprint density at radius 2 is 2.25 bits per heavy atom. The van der Waals surface area contributed by atoms with Crippen molar-refractivity contribution in [3.63, 3.8) is 0 Å². The summed E-state index contributed by atoms with van der Waals surface area (Å²) in [7, 11) is 2.04. The number of nitrogens with two attached hydrogens (primary N) is 1. The first kappa shape index (κ1) is 13.1. The van der Waals surface area contributed by atoms with E-state index in [1.807, 2.05) is 25.2 Å². The number of anilines is 2. The van der Waals surface area contributed by atoms with Gasteiger partial charge in [-0.2, -0.15) is 0 Å². The Hall–Kier alpha value is -1.88. The molecule has 2 heterocycles. The number of hydrogen-bond acceptors (Lipinski definition) is 5. The summed E-state index contributed by atoms with van der Waals surface area (Å²) in [6.07, 6.45) is 5.44. The predicted octanol–water partition coefficient (Wildman–Crippen LogP) is 2.22. The fourth-order valence-electron chi connectivity index (χ4n) is 2.71. The lowest BCUT2D eigenvalue weighted by atomic mass is 10.1. The maximum absolute atomic E-state index is 5.88. The molecule has 106 valence electrons. The largest absolute Gasteiger partial charge is 0.399 e. The van der Waals surface area contributed by atoms with E-state index in [4.69, 9.17) is 10.5 Å². The summed E-state index contributed by atoms with van der Waals surface area (Å²) in [5, 5.41) is 0.991. The third-order valence-electron chi connectivity index (χ3n) is 3.75. The number of likely N-dealkylation sites (N-methyl/N-ethyl adjacent to an activating group) is 1. The Kier molecular flexibility index (Phi) is 3.69. The van der Waals surface area contributed by atoms with E-state index in [2.05, 4.69) is 14.9 Å². The average molecular weight is 272 g/mol. The number of rotatable bonds is 3. The van der Waals surface area contributed by atoms with Gasteiger partial charge >= 0.3 is 0 Å². The van der Waals surface area contributed by atoms with Crippen LogP contribution in [0.15, 0.2) is 24.5 Å². The summed E-state index contributed by atoms with van der Waals surface area (Å²) in [4.78, 5) is 10.8. The molecule has 1 unspecified atom stereocenters. The Morgan fingerprint density at radius 3 is 3.05 bits per heavy atom. The fourth-order valence-corrected chi connectivity index (χ4v) is 2.71. The van der Waals surface area contributed by atoms with Gasteiger partial charge in [-0.3, -0.25) is 0 Å². The van der Waals surface area contributed by atoms with E-state index in [1.54, 1.807) is 6.33 Å². The van der Waals surface area contributed by atoms with Crippen LogP contribution in [0, 0.1) is 0 Å². The van der Waals surface area contributed by atoms with E-state index in [1.165, 1.54) is 12.8 Å². The third kappa shape index (κ3) is 2.67. The predicted molar refractivity (Wildman–Crippen MR) is 80.8 cm³/mol. The molecule has 1 aromatic heterocycles. The van der Waals surface area contributed by atoms with E-state index >= 15 is 0 Å². The van der Waals surface area contributed by atoms with E-state index in [-0.39, 0.29) is 0 Å². The summed E-state index contributed by atoms with van der Waals surface area (Å²) < 4.78 is 5.80. The molecule has 1 aliphatic rings. The van der Waals surface area contributed by atoms with Gasteiger partial charge in [-0.1, -0.05) is 0 Å². The zero-order valence-electron chi connectivity index (χ0n) is 11.7. The van der Waals surface area contributed by atoms with Gasteiger partial charge in [-0.05, 0) is 37.5 Å². The van der Waals surface area contributed by atoms with E-state index in [0.717, 1.165) is 42.0 Å². The number of nitrogens with zero attached hydrogens (tertiary/aromatic N) is 3. The Labute approximate surface area is 118 Å². The molecule has 0 radical (unpaired) electrons. The lowest BCUT2D eigenvalue weighted by molar-refractivity contribution is 0.0215. The summed E-state index contributed by atoms with van der Waals surface area (Å²) >= 11 is 0. The molecule has 1 aromatic carbocycles. The van der Waals surface area contributed by atoms with Crippen molar-refractivity contribution in [2.24, 2.45) is 0 Å². The Morgan fingerprint density at radius 1 is 1.35 bits per heavy atom. The van der Waals surface area contributed by atoms with Crippen LogP contribution in [0.5, 0.6) is 0 Å². The van der Waals surface area contributed by atoms with Crippen molar-refractivity contribution in [2.75, 3.05) is 30.8 Å². The first-order chi connectivity index (χ1) is 9.74. The van der Waals surface area contributed by atoms with Crippen molar-refractivity contribution in [2.45, 2.75) is 25.4 Å². The Balaban J connectivity index is 1.86. The number of benzene rings is 1. The molecule has 3 rings (SSSR count). The SMILES string of the molecule is CN(CC1CCCCO1)c1ncnc2ccc(N)cc12. The van der Waals surface area contributed by atoms with Crippen molar-refractivity contribution in [3.05, 3.63) is 24.5 Å². The quantitative estimate of drug-likeness (QED) is 0.868. The number of ether oxygens (including phenoxy) is 1. The van der Waals surface area contributed by atoms with Crippen LogP contribution in [0.4, 0.5) is 11.5 Å². The van der Waals surface area contributed by atoms with Gasteiger partial charge in [0.1, 0.15) is 12.1 Å². The lowest BCUT2D eigenvalue weighted by Crippen LogP contribution is -2.33. The molecule has 2 aromatic rings. The average Bonchev–Trinajstić information content (AvgIpc) is 2.47. The van der Waals surface area contributed by atoms with Crippen LogP contribution in [0.2, 0.25) is 0 Å². The normalized spacial score (nSPS) is 19.1. The maximum Gasteiger partial charge on any atom is 0.139 e. The molecule has 20 heavy (non-hydrogen) atoms. The standard InChI is InChI=1S/C15H20N4O/c1-19(9-12-4-2-3-7-20-12)15-13-8-11(16)5-6-14(13)17-10-18-15/h5-6,8,10,12H,2-4,7,9,16H2,1H3. The lowest BCUT2D eigenvalue weighted by Gasteiger charge is -2.28.